The summed E-state index contributed by atoms with van der Waals surface area (Å²) in [5, 5.41) is 10.8. The molecule has 0 saturated carbocycles. The van der Waals surface area contributed by atoms with Crippen molar-refractivity contribution in [1.82, 2.24) is 25.3 Å². The van der Waals surface area contributed by atoms with Crippen molar-refractivity contribution in [2.24, 2.45) is 12.0 Å². The van der Waals surface area contributed by atoms with Crippen LogP contribution in [0.4, 0.5) is 4.79 Å². The van der Waals surface area contributed by atoms with Gasteiger partial charge in [0.15, 0.2) is 5.96 Å². The molecule has 2 rings (SSSR count). The number of halogens is 1. The standard InChI is InChI=1S/C17H30N6O2.HI/c1-6-18-15(19-8-7-13-9-20-22(5)10-13)21-14-11-23(12-14)16(24)25-17(2,3)4;/h9-10,14H,6-8,11-12H2,1-5H3,(H2,18,19,21);1H. The third-order valence-corrected chi connectivity index (χ3v) is 3.65. The molecular formula is C17H31IN6O2. The van der Waals surface area contributed by atoms with Gasteiger partial charge in [-0.2, -0.15) is 5.10 Å². The molecule has 9 heteroatoms. The van der Waals surface area contributed by atoms with Gasteiger partial charge in [0.2, 0.25) is 0 Å². The van der Waals surface area contributed by atoms with Gasteiger partial charge in [0, 0.05) is 39.4 Å². The van der Waals surface area contributed by atoms with Crippen molar-refractivity contribution in [3.05, 3.63) is 18.0 Å². The van der Waals surface area contributed by atoms with Crippen molar-refractivity contribution in [2.45, 2.75) is 45.8 Å². The maximum Gasteiger partial charge on any atom is 0.410 e. The Morgan fingerprint density at radius 2 is 2.12 bits per heavy atom. The Kier molecular flexibility index (Phi) is 8.65. The molecule has 148 valence electrons. The molecule has 0 radical (unpaired) electrons. The second-order valence-electron chi connectivity index (χ2n) is 7.26. The lowest BCUT2D eigenvalue weighted by Crippen LogP contribution is -2.63. The lowest BCUT2D eigenvalue weighted by Gasteiger charge is -2.40. The molecule has 1 aliphatic heterocycles. The number of hydrogen-bond donors (Lipinski definition) is 2. The number of amides is 1. The zero-order valence-electron chi connectivity index (χ0n) is 16.3. The Hall–Kier alpha value is -1.52. The molecule has 0 unspecified atom stereocenters. The van der Waals surface area contributed by atoms with E-state index in [1.807, 2.05) is 47.1 Å². The van der Waals surface area contributed by atoms with Crippen LogP contribution in [0, 0.1) is 0 Å². The van der Waals surface area contributed by atoms with Gasteiger partial charge in [-0.15, -0.1) is 24.0 Å². The van der Waals surface area contributed by atoms with Gasteiger partial charge in [0.1, 0.15) is 5.60 Å². The first-order chi connectivity index (χ1) is 11.8. The van der Waals surface area contributed by atoms with Crippen molar-refractivity contribution >= 4 is 36.0 Å². The molecule has 2 N–H and O–H groups in total. The quantitative estimate of drug-likeness (QED) is 0.383. The monoisotopic (exact) mass is 478 g/mol. The number of aryl methyl sites for hydroxylation is 1. The van der Waals surface area contributed by atoms with Gasteiger partial charge in [0.25, 0.3) is 0 Å². The Bertz CT molecular complexity index is 605. The fraction of sp³-hybridized carbons (Fsp3) is 0.706. The number of hydrogen-bond acceptors (Lipinski definition) is 4. The summed E-state index contributed by atoms with van der Waals surface area (Å²) in [6.07, 6.45) is 4.45. The van der Waals surface area contributed by atoms with E-state index in [0.717, 1.165) is 18.9 Å². The highest BCUT2D eigenvalue weighted by atomic mass is 127. The summed E-state index contributed by atoms with van der Waals surface area (Å²) in [6, 6.07) is 0.198. The number of rotatable bonds is 5. The summed E-state index contributed by atoms with van der Waals surface area (Å²) in [7, 11) is 1.91. The minimum Gasteiger partial charge on any atom is -0.444 e. The van der Waals surface area contributed by atoms with Gasteiger partial charge >= 0.3 is 6.09 Å². The van der Waals surface area contributed by atoms with E-state index < -0.39 is 5.60 Å². The number of likely N-dealkylation sites (tertiary alicyclic amines) is 1. The number of nitrogens with zero attached hydrogens (tertiary/aromatic N) is 4. The van der Waals surface area contributed by atoms with Crippen LogP contribution in [0.15, 0.2) is 17.4 Å². The maximum atomic E-state index is 12.0. The van der Waals surface area contributed by atoms with E-state index in [-0.39, 0.29) is 36.1 Å². The van der Waals surface area contributed by atoms with Gasteiger partial charge in [-0.1, -0.05) is 0 Å². The van der Waals surface area contributed by atoms with Crippen molar-refractivity contribution in [3.8, 4) is 0 Å². The van der Waals surface area contributed by atoms with Crippen molar-refractivity contribution in [1.29, 1.82) is 0 Å². The third kappa shape index (κ3) is 7.38. The normalized spacial score (nSPS) is 15.1. The molecule has 2 heterocycles. The highest BCUT2D eigenvalue weighted by Crippen LogP contribution is 2.15. The zero-order chi connectivity index (χ0) is 18.4. The number of ether oxygens (including phenoxy) is 1. The molecule has 1 aromatic heterocycles. The number of guanidine groups is 1. The molecule has 0 bridgehead atoms. The summed E-state index contributed by atoms with van der Waals surface area (Å²) in [5.41, 5.74) is 0.708. The minimum atomic E-state index is -0.460. The predicted octanol–water partition coefficient (Wildman–Crippen LogP) is 1.75. The average molecular weight is 478 g/mol. The van der Waals surface area contributed by atoms with E-state index in [4.69, 9.17) is 4.74 Å². The van der Waals surface area contributed by atoms with Crippen LogP contribution in [0.2, 0.25) is 0 Å². The number of aliphatic imine (C=N–C) groups is 1. The second kappa shape index (κ2) is 9.98. The van der Waals surface area contributed by atoms with Gasteiger partial charge in [-0.05, 0) is 39.7 Å². The van der Waals surface area contributed by atoms with Crippen molar-refractivity contribution in [2.75, 3.05) is 26.2 Å². The average Bonchev–Trinajstić information content (AvgIpc) is 2.85. The summed E-state index contributed by atoms with van der Waals surface area (Å²) >= 11 is 0. The van der Waals surface area contributed by atoms with E-state index in [1.165, 1.54) is 5.56 Å². The largest absolute Gasteiger partial charge is 0.444 e. The molecule has 1 fully saturated rings. The molecule has 0 aliphatic carbocycles. The van der Waals surface area contributed by atoms with E-state index in [2.05, 4.69) is 20.7 Å². The summed E-state index contributed by atoms with van der Waals surface area (Å²) in [4.78, 5) is 18.2. The van der Waals surface area contributed by atoms with Crippen LogP contribution < -0.4 is 10.6 Å². The van der Waals surface area contributed by atoms with Crippen LogP contribution in [0.25, 0.3) is 0 Å². The molecule has 26 heavy (non-hydrogen) atoms. The molecule has 8 nitrogen and oxygen atoms in total. The Morgan fingerprint density at radius 3 is 2.65 bits per heavy atom. The molecule has 1 aliphatic rings. The second-order valence-corrected chi connectivity index (χ2v) is 7.26. The number of aromatic nitrogens is 2. The smallest absolute Gasteiger partial charge is 0.410 e. The van der Waals surface area contributed by atoms with Gasteiger partial charge < -0.3 is 20.3 Å². The third-order valence-electron chi connectivity index (χ3n) is 3.65. The molecule has 0 atom stereocenters. The van der Waals surface area contributed by atoms with E-state index in [9.17, 15) is 4.79 Å². The first-order valence-corrected chi connectivity index (χ1v) is 8.77. The molecule has 1 saturated heterocycles. The first kappa shape index (κ1) is 22.5. The fourth-order valence-corrected chi connectivity index (χ4v) is 2.46. The Labute approximate surface area is 172 Å². The topological polar surface area (TPSA) is 83.8 Å². The summed E-state index contributed by atoms with van der Waals surface area (Å²) in [6.45, 7) is 10.4. The summed E-state index contributed by atoms with van der Waals surface area (Å²) in [5.74, 6) is 0.778. The SMILES string of the molecule is CCNC(=NCCc1cnn(C)c1)NC1CN(C(=O)OC(C)(C)C)C1.I. The van der Waals surface area contributed by atoms with Gasteiger partial charge in [-0.25, -0.2) is 4.79 Å². The van der Waals surface area contributed by atoms with Crippen LogP contribution in [0.5, 0.6) is 0 Å². The highest BCUT2D eigenvalue weighted by molar-refractivity contribution is 14.0. The molecule has 1 aromatic rings. The number of carbonyl (C=O) groups excluding carboxylic acids is 1. The lowest BCUT2D eigenvalue weighted by atomic mass is 10.1. The fourth-order valence-electron chi connectivity index (χ4n) is 2.46. The molecular weight excluding hydrogens is 447 g/mol. The van der Waals surface area contributed by atoms with E-state index in [1.54, 1.807) is 9.58 Å². The molecule has 1 amide bonds. The zero-order valence-corrected chi connectivity index (χ0v) is 18.6. The van der Waals surface area contributed by atoms with Crippen LogP contribution in [0.3, 0.4) is 0 Å². The molecule has 0 aromatic carbocycles. The minimum absolute atomic E-state index is 0. The van der Waals surface area contributed by atoms with Crippen molar-refractivity contribution in [3.63, 3.8) is 0 Å². The van der Waals surface area contributed by atoms with Gasteiger partial charge in [-0.3, -0.25) is 9.67 Å². The first-order valence-electron chi connectivity index (χ1n) is 8.77. The number of nitrogens with one attached hydrogen (secondary N) is 2. The summed E-state index contributed by atoms with van der Waals surface area (Å²) < 4.78 is 7.16. The highest BCUT2D eigenvalue weighted by Gasteiger charge is 2.34. The number of carbonyl (C=O) groups is 1. The van der Waals surface area contributed by atoms with E-state index >= 15 is 0 Å². The van der Waals surface area contributed by atoms with Crippen LogP contribution in [-0.2, 0) is 18.2 Å². The van der Waals surface area contributed by atoms with Crippen LogP contribution in [-0.4, -0.2) is 64.6 Å². The molecule has 0 spiro atoms. The van der Waals surface area contributed by atoms with Crippen LogP contribution in [0.1, 0.15) is 33.3 Å². The van der Waals surface area contributed by atoms with Crippen molar-refractivity contribution < 1.29 is 9.53 Å². The van der Waals surface area contributed by atoms with Crippen LogP contribution >= 0.6 is 24.0 Å². The predicted molar refractivity (Wildman–Crippen MR) is 113 cm³/mol. The maximum absolute atomic E-state index is 12.0. The Balaban J connectivity index is 0.00000338. The lowest BCUT2D eigenvalue weighted by molar-refractivity contribution is 0.00701. The Morgan fingerprint density at radius 1 is 1.42 bits per heavy atom. The van der Waals surface area contributed by atoms with Gasteiger partial charge in [0.05, 0.1) is 12.2 Å². The van der Waals surface area contributed by atoms with E-state index in [0.29, 0.717) is 19.6 Å².